The Morgan fingerprint density at radius 2 is 1.91 bits per heavy atom. The Labute approximate surface area is 186 Å². The number of H-pyrrole nitrogens is 1. The molecule has 0 saturated carbocycles. The van der Waals surface area contributed by atoms with Crippen molar-refractivity contribution in [1.82, 2.24) is 20.3 Å². The van der Waals surface area contributed by atoms with Gasteiger partial charge in [-0.05, 0) is 43.2 Å². The Kier molecular flexibility index (Phi) is 5.90. The van der Waals surface area contributed by atoms with Crippen molar-refractivity contribution in [2.45, 2.75) is 26.3 Å². The topological polar surface area (TPSA) is 73.9 Å². The van der Waals surface area contributed by atoms with Crippen LogP contribution in [0, 0.1) is 19.7 Å². The van der Waals surface area contributed by atoms with Crippen LogP contribution < -0.4 is 10.2 Å². The summed E-state index contributed by atoms with van der Waals surface area (Å²) in [7, 11) is 3.82. The number of aromatic amines is 1. The third-order valence-electron chi connectivity index (χ3n) is 5.50. The average molecular weight is 432 g/mol. The monoisotopic (exact) mass is 431 g/mol. The van der Waals surface area contributed by atoms with Crippen molar-refractivity contribution in [3.63, 3.8) is 0 Å². The van der Waals surface area contributed by atoms with E-state index in [1.165, 1.54) is 6.07 Å². The number of carbonyl (C=O) groups is 1. The number of fused-ring (bicyclic) bond motifs is 1. The Balaban J connectivity index is 1.72. The molecule has 0 spiro atoms. The van der Waals surface area contributed by atoms with Crippen molar-refractivity contribution in [2.24, 2.45) is 0 Å². The van der Waals surface area contributed by atoms with E-state index in [0.717, 1.165) is 22.3 Å². The smallest absolute Gasteiger partial charge is 0.251 e. The number of amides is 1. The molecule has 164 valence electrons. The predicted molar refractivity (Wildman–Crippen MR) is 124 cm³/mol. The number of aryl methyl sites for hydroxylation is 2. The third kappa shape index (κ3) is 4.46. The molecule has 2 aromatic carbocycles. The molecular formula is C25H26FN5O. The maximum atomic E-state index is 14.1. The third-order valence-corrected chi connectivity index (χ3v) is 5.50. The molecule has 0 unspecified atom stereocenters. The molecule has 4 rings (SSSR count). The van der Waals surface area contributed by atoms with Crippen LogP contribution in [-0.4, -0.2) is 35.0 Å². The highest BCUT2D eigenvalue weighted by molar-refractivity contribution is 5.94. The first-order chi connectivity index (χ1) is 15.3. The number of hydrogen-bond acceptors (Lipinski definition) is 4. The Morgan fingerprint density at radius 1 is 1.12 bits per heavy atom. The van der Waals surface area contributed by atoms with Crippen LogP contribution in [0.3, 0.4) is 0 Å². The van der Waals surface area contributed by atoms with Gasteiger partial charge in [-0.3, -0.25) is 4.79 Å². The van der Waals surface area contributed by atoms with E-state index in [9.17, 15) is 9.18 Å². The molecule has 7 heteroatoms. The molecule has 1 amide bonds. The minimum absolute atomic E-state index is 0.274. The number of carbonyl (C=O) groups excluding carboxylic acids is 1. The molecule has 2 heterocycles. The van der Waals surface area contributed by atoms with Crippen LogP contribution >= 0.6 is 0 Å². The summed E-state index contributed by atoms with van der Waals surface area (Å²) in [6, 6.07) is 14.0. The van der Waals surface area contributed by atoms with Crippen LogP contribution in [0.4, 0.5) is 10.2 Å². The highest BCUT2D eigenvalue weighted by Gasteiger charge is 2.21. The van der Waals surface area contributed by atoms with Crippen molar-refractivity contribution in [3.8, 4) is 0 Å². The van der Waals surface area contributed by atoms with Gasteiger partial charge >= 0.3 is 0 Å². The van der Waals surface area contributed by atoms with Gasteiger partial charge in [-0.25, -0.2) is 14.4 Å². The number of aromatic nitrogens is 3. The van der Waals surface area contributed by atoms with E-state index in [2.05, 4.69) is 20.3 Å². The fraction of sp³-hybridized carbons (Fsp3) is 0.240. The highest BCUT2D eigenvalue weighted by atomic mass is 19.1. The van der Waals surface area contributed by atoms with E-state index >= 15 is 0 Å². The van der Waals surface area contributed by atoms with E-state index in [0.29, 0.717) is 23.5 Å². The van der Waals surface area contributed by atoms with E-state index < -0.39 is 11.9 Å². The second-order valence-corrected chi connectivity index (χ2v) is 8.15. The Morgan fingerprint density at radius 3 is 2.66 bits per heavy atom. The quantitative estimate of drug-likeness (QED) is 0.472. The highest BCUT2D eigenvalue weighted by Crippen LogP contribution is 2.26. The van der Waals surface area contributed by atoms with E-state index in [4.69, 9.17) is 0 Å². The van der Waals surface area contributed by atoms with Crippen molar-refractivity contribution < 1.29 is 9.18 Å². The normalized spacial score (nSPS) is 12.0. The zero-order valence-electron chi connectivity index (χ0n) is 18.6. The molecule has 0 bridgehead atoms. The summed E-state index contributed by atoms with van der Waals surface area (Å²) in [5.74, 6) is 0.618. The summed E-state index contributed by atoms with van der Waals surface area (Å²) in [4.78, 5) is 27.3. The molecule has 2 N–H and O–H groups in total. The molecule has 0 saturated heterocycles. The molecule has 6 nitrogen and oxygen atoms in total. The average Bonchev–Trinajstić information content (AvgIpc) is 3.17. The number of nitrogens with one attached hydrogen (secondary N) is 2. The molecule has 0 radical (unpaired) electrons. The molecule has 1 atom stereocenters. The lowest BCUT2D eigenvalue weighted by Gasteiger charge is -2.21. The van der Waals surface area contributed by atoms with Crippen molar-refractivity contribution in [3.05, 3.63) is 88.8 Å². The van der Waals surface area contributed by atoms with Crippen molar-refractivity contribution in [2.75, 3.05) is 19.0 Å². The number of para-hydroxylation sites is 1. The first-order valence-corrected chi connectivity index (χ1v) is 10.5. The summed E-state index contributed by atoms with van der Waals surface area (Å²) < 4.78 is 14.1. The van der Waals surface area contributed by atoms with E-state index in [1.807, 2.05) is 62.4 Å². The lowest BCUT2D eigenvalue weighted by atomic mass is 10.0. The van der Waals surface area contributed by atoms with Crippen LogP contribution in [0.2, 0.25) is 0 Å². The van der Waals surface area contributed by atoms with Gasteiger partial charge in [-0.1, -0.05) is 24.3 Å². The molecule has 32 heavy (non-hydrogen) atoms. The summed E-state index contributed by atoms with van der Waals surface area (Å²) in [5.41, 5.74) is 3.56. The summed E-state index contributed by atoms with van der Waals surface area (Å²) in [5, 5.41) is 4.15. The van der Waals surface area contributed by atoms with Crippen LogP contribution in [-0.2, 0) is 6.42 Å². The zero-order chi connectivity index (χ0) is 22.8. The molecule has 0 aliphatic carbocycles. The molecule has 0 aliphatic rings. The number of anilines is 1. The molecule has 4 aromatic rings. The van der Waals surface area contributed by atoms with Crippen molar-refractivity contribution in [1.29, 1.82) is 0 Å². The molecule has 0 fully saturated rings. The van der Waals surface area contributed by atoms with Gasteiger partial charge in [0.2, 0.25) is 0 Å². The lowest BCUT2D eigenvalue weighted by molar-refractivity contribution is 0.0935. The van der Waals surface area contributed by atoms with Crippen LogP contribution in [0.1, 0.15) is 39.0 Å². The van der Waals surface area contributed by atoms with Gasteiger partial charge < -0.3 is 15.2 Å². The fourth-order valence-corrected chi connectivity index (χ4v) is 3.71. The predicted octanol–water partition coefficient (Wildman–Crippen LogP) is 4.49. The summed E-state index contributed by atoms with van der Waals surface area (Å²) in [6.07, 6.45) is 2.48. The number of benzene rings is 2. The van der Waals surface area contributed by atoms with E-state index in [-0.39, 0.29) is 11.5 Å². The molecule has 2 aromatic heterocycles. The van der Waals surface area contributed by atoms with E-state index in [1.54, 1.807) is 19.1 Å². The molecule has 0 aliphatic heterocycles. The Hall–Kier alpha value is -3.74. The van der Waals surface area contributed by atoms with Crippen molar-refractivity contribution >= 4 is 22.6 Å². The maximum Gasteiger partial charge on any atom is 0.251 e. The van der Waals surface area contributed by atoms with Gasteiger partial charge in [0, 0.05) is 49.2 Å². The summed E-state index contributed by atoms with van der Waals surface area (Å²) in [6.45, 7) is 3.50. The van der Waals surface area contributed by atoms with Gasteiger partial charge in [0.05, 0.1) is 11.7 Å². The van der Waals surface area contributed by atoms with Crippen LogP contribution in [0.25, 0.3) is 10.9 Å². The fourth-order valence-electron chi connectivity index (χ4n) is 3.71. The SMILES string of the molecule is Cc1nc([C@@H](Cc2c[nH]c3ccccc23)NC(=O)c2ccc(C)c(F)c2)cc(N(C)C)n1. The van der Waals surface area contributed by atoms with Gasteiger partial charge in [0.15, 0.2) is 0 Å². The van der Waals surface area contributed by atoms with Crippen LogP contribution in [0.15, 0.2) is 54.7 Å². The number of halogens is 1. The second-order valence-electron chi connectivity index (χ2n) is 8.15. The first kappa shape index (κ1) is 21.5. The Bertz CT molecular complexity index is 1280. The zero-order valence-corrected chi connectivity index (χ0v) is 18.6. The largest absolute Gasteiger partial charge is 0.363 e. The number of rotatable bonds is 6. The van der Waals surface area contributed by atoms with Crippen LogP contribution in [0.5, 0.6) is 0 Å². The minimum atomic E-state index is -0.425. The first-order valence-electron chi connectivity index (χ1n) is 10.5. The molecular weight excluding hydrogens is 405 g/mol. The van der Waals surface area contributed by atoms with Gasteiger partial charge in [-0.2, -0.15) is 0 Å². The van der Waals surface area contributed by atoms with Gasteiger partial charge in [-0.15, -0.1) is 0 Å². The number of hydrogen-bond donors (Lipinski definition) is 2. The van der Waals surface area contributed by atoms with Gasteiger partial charge in [0.1, 0.15) is 17.5 Å². The summed E-state index contributed by atoms with van der Waals surface area (Å²) >= 11 is 0. The second kappa shape index (κ2) is 8.78. The minimum Gasteiger partial charge on any atom is -0.363 e. The maximum absolute atomic E-state index is 14.1. The van der Waals surface area contributed by atoms with Gasteiger partial charge in [0.25, 0.3) is 5.91 Å². The number of nitrogens with zero attached hydrogens (tertiary/aromatic N) is 3. The standard InChI is InChI=1S/C25H26FN5O/c1-15-9-10-17(11-20(15)26)25(32)30-22(23-13-24(31(3)4)29-16(2)28-23)12-18-14-27-21-8-6-5-7-19(18)21/h5-11,13-14,22,27H,12H2,1-4H3,(H,30,32)/t22-/m1/s1. The lowest BCUT2D eigenvalue weighted by Crippen LogP contribution is -2.31.